The van der Waals surface area contributed by atoms with Gasteiger partial charge in [0.2, 0.25) is 5.91 Å². The number of hydrogen-bond donors (Lipinski definition) is 0. The Balaban J connectivity index is 1.78. The number of carbonyl (C=O) groups excluding carboxylic acids is 1. The molecule has 5 heteroatoms. The van der Waals surface area contributed by atoms with Crippen LogP contribution in [-0.4, -0.2) is 28.3 Å². The molecule has 0 fully saturated rings. The zero-order chi connectivity index (χ0) is 17.4. The van der Waals surface area contributed by atoms with Gasteiger partial charge in [0.05, 0.1) is 17.9 Å². The molecule has 0 N–H and O–H groups in total. The number of anilines is 1. The van der Waals surface area contributed by atoms with E-state index in [0.29, 0.717) is 13.0 Å². The Bertz CT molecular complexity index is 779. The molecule has 1 aliphatic rings. The van der Waals surface area contributed by atoms with Gasteiger partial charge in [0.15, 0.2) is 0 Å². The Morgan fingerprint density at radius 1 is 1.33 bits per heavy atom. The summed E-state index contributed by atoms with van der Waals surface area (Å²) in [4.78, 5) is 14.7. The number of nitrogens with zero attached hydrogens (tertiary/aromatic N) is 3. The number of amides is 1. The second-order valence-electron chi connectivity index (χ2n) is 6.68. The number of aromatic nitrogens is 2. The summed E-state index contributed by atoms with van der Waals surface area (Å²) >= 11 is 0. The van der Waals surface area contributed by atoms with Crippen LogP contribution in [0.3, 0.4) is 0 Å². The molecule has 1 atom stereocenters. The minimum absolute atomic E-state index is 0.00474. The van der Waals surface area contributed by atoms with Gasteiger partial charge in [0.1, 0.15) is 11.9 Å². The Hall–Kier alpha value is -2.30. The SMILES string of the molecule is Cc1ccc2c(c1)OC(C)CN2C(=O)CCc1c(C)nn(C)c1C. The quantitative estimate of drug-likeness (QED) is 0.870. The van der Waals surface area contributed by atoms with Gasteiger partial charge in [-0.1, -0.05) is 6.07 Å². The summed E-state index contributed by atoms with van der Waals surface area (Å²) in [7, 11) is 1.94. The van der Waals surface area contributed by atoms with Crippen molar-refractivity contribution in [3.05, 3.63) is 40.7 Å². The Kier molecular flexibility index (Phi) is 4.35. The molecule has 1 aromatic carbocycles. The van der Waals surface area contributed by atoms with E-state index in [0.717, 1.165) is 34.8 Å². The lowest BCUT2D eigenvalue weighted by molar-refractivity contribution is -0.119. The van der Waals surface area contributed by atoms with E-state index in [-0.39, 0.29) is 12.0 Å². The predicted molar refractivity (Wildman–Crippen MR) is 94.6 cm³/mol. The summed E-state index contributed by atoms with van der Waals surface area (Å²) in [5.41, 5.74) is 5.33. The molecule has 5 nitrogen and oxygen atoms in total. The van der Waals surface area contributed by atoms with Crippen LogP contribution < -0.4 is 9.64 Å². The van der Waals surface area contributed by atoms with E-state index in [4.69, 9.17) is 4.74 Å². The third-order valence-corrected chi connectivity index (χ3v) is 4.72. The average molecular weight is 327 g/mol. The molecular weight excluding hydrogens is 302 g/mol. The minimum Gasteiger partial charge on any atom is -0.487 e. The number of fused-ring (bicyclic) bond motifs is 1. The van der Waals surface area contributed by atoms with E-state index in [1.807, 2.05) is 55.6 Å². The highest BCUT2D eigenvalue weighted by molar-refractivity contribution is 5.95. The van der Waals surface area contributed by atoms with Gasteiger partial charge in [0, 0.05) is 19.2 Å². The maximum atomic E-state index is 12.8. The molecule has 1 unspecified atom stereocenters. The lowest BCUT2D eigenvalue weighted by Crippen LogP contribution is -2.42. The first-order valence-electron chi connectivity index (χ1n) is 8.43. The van der Waals surface area contributed by atoms with Gasteiger partial charge in [0.25, 0.3) is 0 Å². The lowest BCUT2D eigenvalue weighted by atomic mass is 10.1. The monoisotopic (exact) mass is 327 g/mol. The zero-order valence-corrected chi connectivity index (χ0v) is 15.1. The van der Waals surface area contributed by atoms with Crippen LogP contribution in [0.25, 0.3) is 0 Å². The van der Waals surface area contributed by atoms with Crippen molar-refractivity contribution in [2.24, 2.45) is 7.05 Å². The second-order valence-corrected chi connectivity index (χ2v) is 6.68. The van der Waals surface area contributed by atoms with Crippen molar-refractivity contribution in [2.45, 2.75) is 46.6 Å². The van der Waals surface area contributed by atoms with Crippen LogP contribution in [0.15, 0.2) is 18.2 Å². The Morgan fingerprint density at radius 3 is 2.75 bits per heavy atom. The van der Waals surface area contributed by atoms with Crippen molar-refractivity contribution in [1.82, 2.24) is 9.78 Å². The molecule has 0 saturated carbocycles. The maximum absolute atomic E-state index is 12.8. The molecule has 0 saturated heterocycles. The first-order valence-corrected chi connectivity index (χ1v) is 8.43. The van der Waals surface area contributed by atoms with E-state index in [1.165, 1.54) is 5.56 Å². The van der Waals surface area contributed by atoms with Gasteiger partial charge in [-0.15, -0.1) is 0 Å². The maximum Gasteiger partial charge on any atom is 0.227 e. The highest BCUT2D eigenvalue weighted by atomic mass is 16.5. The summed E-state index contributed by atoms with van der Waals surface area (Å²) in [5, 5.41) is 4.43. The van der Waals surface area contributed by atoms with Gasteiger partial charge >= 0.3 is 0 Å². The molecule has 0 bridgehead atoms. The molecular formula is C19H25N3O2. The van der Waals surface area contributed by atoms with E-state index < -0.39 is 0 Å². The molecule has 0 aliphatic carbocycles. The van der Waals surface area contributed by atoms with Crippen LogP contribution in [0.2, 0.25) is 0 Å². The van der Waals surface area contributed by atoms with Gasteiger partial charge in [-0.25, -0.2) is 0 Å². The molecule has 24 heavy (non-hydrogen) atoms. The Morgan fingerprint density at radius 2 is 2.08 bits per heavy atom. The fourth-order valence-electron chi connectivity index (χ4n) is 3.33. The third kappa shape index (κ3) is 3.03. The van der Waals surface area contributed by atoms with Gasteiger partial charge in [-0.05, 0) is 57.4 Å². The minimum atomic E-state index is 0.00474. The van der Waals surface area contributed by atoms with Crippen molar-refractivity contribution in [3.63, 3.8) is 0 Å². The predicted octanol–water partition coefficient (Wildman–Crippen LogP) is 3.09. The summed E-state index contributed by atoms with van der Waals surface area (Å²) < 4.78 is 7.77. The van der Waals surface area contributed by atoms with Crippen molar-refractivity contribution in [3.8, 4) is 5.75 Å². The molecule has 2 heterocycles. The van der Waals surface area contributed by atoms with Crippen molar-refractivity contribution >= 4 is 11.6 Å². The fourth-order valence-corrected chi connectivity index (χ4v) is 3.33. The standard InChI is InChI=1S/C19H25N3O2/c1-12-6-8-17-18(10-12)24-13(2)11-22(17)19(23)9-7-16-14(3)20-21(5)15(16)4/h6,8,10,13H,7,9,11H2,1-5H3. The van der Waals surface area contributed by atoms with Crippen molar-refractivity contribution < 1.29 is 9.53 Å². The molecule has 2 aromatic rings. The van der Waals surface area contributed by atoms with Crippen LogP contribution in [-0.2, 0) is 18.3 Å². The summed E-state index contributed by atoms with van der Waals surface area (Å²) in [6.45, 7) is 8.68. The van der Waals surface area contributed by atoms with Gasteiger partial charge in [-0.2, -0.15) is 5.10 Å². The fraction of sp³-hybridized carbons (Fsp3) is 0.474. The topological polar surface area (TPSA) is 47.4 Å². The lowest BCUT2D eigenvalue weighted by Gasteiger charge is -2.33. The first kappa shape index (κ1) is 16.6. The zero-order valence-electron chi connectivity index (χ0n) is 15.1. The molecule has 3 rings (SSSR count). The average Bonchev–Trinajstić information content (AvgIpc) is 2.76. The van der Waals surface area contributed by atoms with E-state index >= 15 is 0 Å². The number of benzene rings is 1. The highest BCUT2D eigenvalue weighted by Crippen LogP contribution is 2.34. The molecule has 0 radical (unpaired) electrons. The number of aryl methyl sites for hydroxylation is 3. The number of rotatable bonds is 3. The first-order chi connectivity index (χ1) is 11.4. The van der Waals surface area contributed by atoms with Gasteiger partial charge in [-0.3, -0.25) is 9.48 Å². The normalized spacial score (nSPS) is 16.7. The largest absolute Gasteiger partial charge is 0.487 e. The van der Waals surface area contributed by atoms with Crippen molar-refractivity contribution in [1.29, 1.82) is 0 Å². The van der Waals surface area contributed by atoms with Crippen LogP contribution in [0, 0.1) is 20.8 Å². The molecule has 128 valence electrons. The number of hydrogen-bond acceptors (Lipinski definition) is 3. The highest BCUT2D eigenvalue weighted by Gasteiger charge is 2.27. The summed E-state index contributed by atoms with van der Waals surface area (Å²) in [6.07, 6.45) is 1.20. The summed E-state index contributed by atoms with van der Waals surface area (Å²) in [5.74, 6) is 0.939. The van der Waals surface area contributed by atoms with E-state index in [1.54, 1.807) is 0 Å². The van der Waals surface area contributed by atoms with Crippen LogP contribution >= 0.6 is 0 Å². The van der Waals surface area contributed by atoms with Crippen LogP contribution in [0.1, 0.15) is 35.9 Å². The van der Waals surface area contributed by atoms with Gasteiger partial charge < -0.3 is 9.64 Å². The Labute approximate surface area is 143 Å². The smallest absolute Gasteiger partial charge is 0.227 e. The van der Waals surface area contributed by atoms with Crippen LogP contribution in [0.4, 0.5) is 5.69 Å². The van der Waals surface area contributed by atoms with E-state index in [2.05, 4.69) is 12.0 Å². The molecule has 1 amide bonds. The second kappa shape index (κ2) is 6.30. The summed E-state index contributed by atoms with van der Waals surface area (Å²) in [6, 6.07) is 6.00. The van der Waals surface area contributed by atoms with Crippen molar-refractivity contribution in [2.75, 3.05) is 11.4 Å². The van der Waals surface area contributed by atoms with Crippen LogP contribution in [0.5, 0.6) is 5.75 Å². The number of carbonyl (C=O) groups is 1. The number of ether oxygens (including phenoxy) is 1. The third-order valence-electron chi connectivity index (χ3n) is 4.72. The molecule has 0 spiro atoms. The molecule has 1 aliphatic heterocycles. The van der Waals surface area contributed by atoms with E-state index in [9.17, 15) is 4.79 Å². The molecule has 1 aromatic heterocycles.